The van der Waals surface area contributed by atoms with Crippen LogP contribution in [0.25, 0.3) is 16.9 Å². The number of fused-ring (bicyclic) bond motifs is 1. The standard InChI is InChI=1S/C30H36N8O3/c1-5-13-37-28(39)25-21-31-29(34-27(25)38(37)26-8-6-7-23(32-26)20-30(2,3)40)33-22-9-11-24(12-10-22)36-16-14-35(15-17-36)18-19-41-4/h1,6-12,21,40H,13-20H2,2-4H3,(H,31,33,34). The van der Waals surface area contributed by atoms with Crippen molar-refractivity contribution in [1.82, 2.24) is 29.2 Å². The average molecular weight is 557 g/mol. The zero-order valence-corrected chi connectivity index (χ0v) is 23.7. The number of hydrogen-bond acceptors (Lipinski definition) is 9. The molecule has 0 saturated carbocycles. The number of piperazine rings is 1. The molecule has 11 heteroatoms. The molecule has 2 N–H and O–H groups in total. The summed E-state index contributed by atoms with van der Waals surface area (Å²) in [6, 6.07) is 13.6. The second-order valence-corrected chi connectivity index (χ2v) is 10.8. The second-order valence-electron chi connectivity index (χ2n) is 10.8. The maximum Gasteiger partial charge on any atom is 0.279 e. The van der Waals surface area contributed by atoms with Crippen molar-refractivity contribution in [3.63, 3.8) is 0 Å². The number of pyridine rings is 1. The van der Waals surface area contributed by atoms with Gasteiger partial charge in [-0.15, -0.1) is 6.42 Å². The summed E-state index contributed by atoms with van der Waals surface area (Å²) in [5.74, 6) is 3.37. The first-order chi connectivity index (χ1) is 19.8. The van der Waals surface area contributed by atoms with Gasteiger partial charge in [-0.05, 0) is 50.2 Å². The Morgan fingerprint density at radius 1 is 1.10 bits per heavy atom. The van der Waals surface area contributed by atoms with Crippen LogP contribution in [-0.4, -0.2) is 86.4 Å². The fourth-order valence-corrected chi connectivity index (χ4v) is 5.01. The highest BCUT2D eigenvalue weighted by Crippen LogP contribution is 2.23. The Hall–Kier alpha value is -4.24. The lowest BCUT2D eigenvalue weighted by molar-refractivity contribution is 0.0799. The lowest BCUT2D eigenvalue weighted by atomic mass is 10.0. The molecule has 0 unspecified atom stereocenters. The normalized spacial score (nSPS) is 14.4. The van der Waals surface area contributed by atoms with Crippen LogP contribution < -0.4 is 15.8 Å². The van der Waals surface area contributed by atoms with Crippen LogP contribution in [0.5, 0.6) is 0 Å². The highest BCUT2D eigenvalue weighted by molar-refractivity contribution is 5.77. The lowest BCUT2D eigenvalue weighted by Crippen LogP contribution is -2.47. The van der Waals surface area contributed by atoms with Gasteiger partial charge in [-0.25, -0.2) is 19.3 Å². The molecule has 5 rings (SSSR count). The van der Waals surface area contributed by atoms with E-state index in [0.29, 0.717) is 34.9 Å². The lowest BCUT2D eigenvalue weighted by Gasteiger charge is -2.36. The summed E-state index contributed by atoms with van der Waals surface area (Å²) in [6.07, 6.45) is 7.46. The number of nitrogens with one attached hydrogen (secondary N) is 1. The SMILES string of the molecule is C#CCn1c(=O)c2cnc(Nc3ccc(N4CCN(CCOC)CC4)cc3)nc2n1-c1cccc(CC(C)(C)O)n1. The van der Waals surface area contributed by atoms with E-state index in [1.54, 1.807) is 31.7 Å². The van der Waals surface area contributed by atoms with Crippen LogP contribution in [0.2, 0.25) is 0 Å². The molecule has 0 amide bonds. The summed E-state index contributed by atoms with van der Waals surface area (Å²) in [5.41, 5.74) is 1.82. The molecule has 0 spiro atoms. The van der Waals surface area contributed by atoms with Crippen molar-refractivity contribution in [2.24, 2.45) is 0 Å². The second kappa shape index (κ2) is 12.1. The topological polar surface area (TPSA) is 114 Å². The van der Waals surface area contributed by atoms with Gasteiger partial charge in [-0.3, -0.25) is 9.69 Å². The average Bonchev–Trinajstić information content (AvgIpc) is 3.22. The molecule has 11 nitrogen and oxygen atoms in total. The third-order valence-corrected chi connectivity index (χ3v) is 7.01. The van der Waals surface area contributed by atoms with E-state index in [0.717, 1.165) is 50.7 Å². The number of aromatic nitrogens is 5. The van der Waals surface area contributed by atoms with Gasteiger partial charge >= 0.3 is 0 Å². The van der Waals surface area contributed by atoms with Gasteiger partial charge in [-0.2, -0.15) is 4.98 Å². The van der Waals surface area contributed by atoms with E-state index in [4.69, 9.17) is 21.1 Å². The van der Waals surface area contributed by atoms with Gasteiger partial charge < -0.3 is 20.1 Å². The van der Waals surface area contributed by atoms with Crippen LogP contribution in [0.4, 0.5) is 17.3 Å². The molecule has 4 heterocycles. The van der Waals surface area contributed by atoms with E-state index in [1.807, 2.05) is 24.3 Å². The summed E-state index contributed by atoms with van der Waals surface area (Å²) >= 11 is 0. The van der Waals surface area contributed by atoms with Crippen LogP contribution in [0.3, 0.4) is 0 Å². The number of benzene rings is 1. The summed E-state index contributed by atoms with van der Waals surface area (Å²) in [7, 11) is 1.74. The molecule has 1 saturated heterocycles. The predicted octanol–water partition coefficient (Wildman–Crippen LogP) is 2.44. The summed E-state index contributed by atoms with van der Waals surface area (Å²) < 4.78 is 8.24. The number of methoxy groups -OCH3 is 1. The number of hydrogen-bond donors (Lipinski definition) is 2. The third-order valence-electron chi connectivity index (χ3n) is 7.01. The zero-order chi connectivity index (χ0) is 29.0. The van der Waals surface area contributed by atoms with Crippen molar-refractivity contribution in [1.29, 1.82) is 0 Å². The fraction of sp³-hybridized carbons (Fsp3) is 0.400. The van der Waals surface area contributed by atoms with Gasteiger partial charge in [0.2, 0.25) is 5.95 Å². The van der Waals surface area contributed by atoms with Crippen LogP contribution in [-0.2, 0) is 17.7 Å². The Morgan fingerprint density at radius 3 is 2.54 bits per heavy atom. The molecule has 41 heavy (non-hydrogen) atoms. The van der Waals surface area contributed by atoms with E-state index >= 15 is 0 Å². The minimum atomic E-state index is -0.934. The number of rotatable bonds is 10. The maximum absolute atomic E-state index is 13.2. The van der Waals surface area contributed by atoms with Crippen molar-refractivity contribution < 1.29 is 9.84 Å². The summed E-state index contributed by atoms with van der Waals surface area (Å²) in [4.78, 5) is 31.8. The highest BCUT2D eigenvalue weighted by Gasteiger charge is 2.20. The monoisotopic (exact) mass is 556 g/mol. The Balaban J connectivity index is 1.39. The summed E-state index contributed by atoms with van der Waals surface area (Å²) in [6.45, 7) is 9.15. The van der Waals surface area contributed by atoms with Crippen LogP contribution in [0.15, 0.2) is 53.5 Å². The molecule has 0 atom stereocenters. The number of anilines is 3. The summed E-state index contributed by atoms with van der Waals surface area (Å²) in [5, 5.41) is 13.9. The van der Waals surface area contributed by atoms with E-state index in [9.17, 15) is 9.90 Å². The Kier molecular flexibility index (Phi) is 8.35. The van der Waals surface area contributed by atoms with Crippen LogP contribution in [0, 0.1) is 12.3 Å². The molecule has 1 aliphatic heterocycles. The number of terminal acetylenes is 1. The number of nitrogens with zero attached hydrogens (tertiary/aromatic N) is 7. The van der Waals surface area contributed by atoms with Crippen molar-refractivity contribution >= 4 is 28.4 Å². The van der Waals surface area contributed by atoms with E-state index < -0.39 is 5.60 Å². The van der Waals surface area contributed by atoms with Gasteiger partial charge in [0, 0.05) is 69.5 Å². The molecule has 1 fully saturated rings. The third kappa shape index (κ3) is 6.57. The minimum Gasteiger partial charge on any atom is -0.390 e. The molecule has 214 valence electrons. The smallest absolute Gasteiger partial charge is 0.279 e. The molecule has 0 aliphatic carbocycles. The maximum atomic E-state index is 13.2. The first-order valence-corrected chi connectivity index (χ1v) is 13.7. The van der Waals surface area contributed by atoms with Gasteiger partial charge in [-0.1, -0.05) is 12.0 Å². The van der Waals surface area contributed by atoms with E-state index in [-0.39, 0.29) is 12.1 Å². The molecular weight excluding hydrogens is 520 g/mol. The quantitative estimate of drug-likeness (QED) is 0.284. The van der Waals surface area contributed by atoms with E-state index in [2.05, 4.69) is 38.2 Å². The van der Waals surface area contributed by atoms with E-state index in [1.165, 1.54) is 10.9 Å². The van der Waals surface area contributed by atoms with Crippen LogP contribution in [0.1, 0.15) is 19.5 Å². The van der Waals surface area contributed by atoms with Crippen molar-refractivity contribution in [2.75, 3.05) is 56.7 Å². The molecule has 1 aromatic carbocycles. The van der Waals surface area contributed by atoms with Gasteiger partial charge in [0.15, 0.2) is 11.5 Å². The predicted molar refractivity (Wildman–Crippen MR) is 160 cm³/mol. The molecule has 4 aromatic rings. The Labute approximate surface area is 239 Å². The number of aliphatic hydroxyl groups is 1. The van der Waals surface area contributed by atoms with Crippen molar-refractivity contribution in [3.8, 4) is 18.2 Å². The molecular formula is C30H36N8O3. The van der Waals surface area contributed by atoms with Gasteiger partial charge in [0.1, 0.15) is 11.9 Å². The number of ether oxygens (including phenoxy) is 1. The first kappa shape index (κ1) is 28.3. The molecule has 3 aromatic heterocycles. The van der Waals surface area contributed by atoms with Crippen molar-refractivity contribution in [3.05, 3.63) is 64.7 Å². The van der Waals surface area contributed by atoms with Crippen molar-refractivity contribution in [2.45, 2.75) is 32.4 Å². The molecule has 0 radical (unpaired) electrons. The van der Waals surface area contributed by atoms with Crippen LogP contribution >= 0.6 is 0 Å². The Bertz CT molecular complexity index is 1590. The van der Waals surface area contributed by atoms with Gasteiger partial charge in [0.05, 0.1) is 12.2 Å². The fourth-order valence-electron chi connectivity index (χ4n) is 5.01. The van der Waals surface area contributed by atoms with Gasteiger partial charge in [0.25, 0.3) is 5.56 Å². The zero-order valence-electron chi connectivity index (χ0n) is 23.7. The first-order valence-electron chi connectivity index (χ1n) is 13.7. The minimum absolute atomic E-state index is 0.0391. The Morgan fingerprint density at radius 2 is 1.85 bits per heavy atom. The largest absolute Gasteiger partial charge is 0.390 e. The molecule has 0 bridgehead atoms. The highest BCUT2D eigenvalue weighted by atomic mass is 16.5. The molecule has 1 aliphatic rings.